The van der Waals surface area contributed by atoms with Crippen LogP contribution in [0.4, 0.5) is 0 Å². The van der Waals surface area contributed by atoms with Crippen LogP contribution >= 0.6 is 22.7 Å². The summed E-state index contributed by atoms with van der Waals surface area (Å²) in [6.07, 6.45) is 7.82. The fraction of sp³-hybridized carbons (Fsp3) is 0.389. The van der Waals surface area contributed by atoms with Crippen LogP contribution in [0.3, 0.4) is 0 Å². The van der Waals surface area contributed by atoms with Gasteiger partial charge in [-0.3, -0.25) is 9.98 Å². The van der Waals surface area contributed by atoms with Crippen molar-refractivity contribution in [3.63, 3.8) is 0 Å². The lowest BCUT2D eigenvalue weighted by molar-refractivity contribution is 0.390. The average molecular weight is 599 g/mol. The molecule has 4 aromatic rings. The van der Waals surface area contributed by atoms with Crippen molar-refractivity contribution in [1.82, 2.24) is 0 Å². The molecule has 1 fully saturated rings. The molecule has 2 aromatic heterocycles. The smallest absolute Gasteiger partial charge is 0.128 e. The van der Waals surface area contributed by atoms with Crippen molar-refractivity contribution in [2.24, 2.45) is 9.98 Å². The lowest BCUT2D eigenvalue weighted by atomic mass is 9.84. The van der Waals surface area contributed by atoms with Crippen molar-refractivity contribution < 1.29 is 10.2 Å². The minimum absolute atomic E-state index is 0.0163. The second kappa shape index (κ2) is 12.2. The van der Waals surface area contributed by atoms with Crippen molar-refractivity contribution in [2.45, 2.75) is 90.1 Å². The third-order valence-corrected chi connectivity index (χ3v) is 9.85. The SMILES string of the molecule is CC(C)(C)c1cc(-c2cccs2)cc(C=N[C@H]2CCCC[C@@H]2N=Cc2cc(-c3cccs3)cc(C(C)(C)C)c2O)c1O. The minimum atomic E-state index is -0.205. The molecule has 0 amide bonds. The Morgan fingerprint density at radius 3 is 1.40 bits per heavy atom. The Kier molecular flexibility index (Phi) is 8.77. The van der Waals surface area contributed by atoms with Crippen LogP contribution < -0.4 is 0 Å². The van der Waals surface area contributed by atoms with E-state index >= 15 is 0 Å². The van der Waals surface area contributed by atoms with Crippen LogP contribution in [-0.2, 0) is 10.8 Å². The molecule has 2 heterocycles. The van der Waals surface area contributed by atoms with Crippen molar-refractivity contribution >= 4 is 35.1 Å². The Morgan fingerprint density at radius 1 is 0.667 bits per heavy atom. The van der Waals surface area contributed by atoms with Crippen LogP contribution in [0.1, 0.15) is 89.5 Å². The first-order chi connectivity index (χ1) is 19.9. The zero-order valence-electron chi connectivity index (χ0n) is 25.5. The van der Waals surface area contributed by atoms with Gasteiger partial charge in [0.05, 0.1) is 12.1 Å². The number of rotatable bonds is 6. The van der Waals surface area contributed by atoms with E-state index in [1.165, 1.54) is 9.75 Å². The number of phenols is 2. The monoisotopic (exact) mass is 598 g/mol. The van der Waals surface area contributed by atoms with Gasteiger partial charge >= 0.3 is 0 Å². The Hall–Kier alpha value is -3.22. The predicted molar refractivity (Wildman–Crippen MR) is 181 cm³/mol. The van der Waals surface area contributed by atoms with E-state index in [-0.39, 0.29) is 22.9 Å². The molecule has 1 aliphatic rings. The summed E-state index contributed by atoms with van der Waals surface area (Å²) in [6.45, 7) is 12.8. The summed E-state index contributed by atoms with van der Waals surface area (Å²) >= 11 is 3.40. The van der Waals surface area contributed by atoms with Gasteiger partial charge in [0.1, 0.15) is 11.5 Å². The van der Waals surface area contributed by atoms with Gasteiger partial charge in [-0.2, -0.15) is 0 Å². The molecular formula is C36H42N2O2S2. The largest absolute Gasteiger partial charge is 0.507 e. The highest BCUT2D eigenvalue weighted by atomic mass is 32.1. The summed E-state index contributed by atoms with van der Waals surface area (Å²) in [5.74, 6) is 0.597. The van der Waals surface area contributed by atoms with Gasteiger partial charge in [-0.05, 0) is 82.0 Å². The molecule has 42 heavy (non-hydrogen) atoms. The van der Waals surface area contributed by atoms with Gasteiger partial charge in [0.25, 0.3) is 0 Å². The third-order valence-electron chi connectivity index (χ3n) is 8.01. The number of hydrogen-bond acceptors (Lipinski definition) is 6. The predicted octanol–water partition coefficient (Wildman–Crippen LogP) is 10.00. The fourth-order valence-corrected chi connectivity index (χ4v) is 7.05. The molecule has 2 atom stereocenters. The van der Waals surface area contributed by atoms with Crippen molar-refractivity contribution in [3.05, 3.63) is 81.5 Å². The first-order valence-corrected chi connectivity index (χ1v) is 16.6. The molecule has 1 saturated carbocycles. The van der Waals surface area contributed by atoms with E-state index in [1.54, 1.807) is 22.7 Å². The lowest BCUT2D eigenvalue weighted by Crippen LogP contribution is -2.27. The summed E-state index contributed by atoms with van der Waals surface area (Å²) in [6, 6.07) is 16.7. The van der Waals surface area contributed by atoms with Crippen LogP contribution in [0.5, 0.6) is 11.5 Å². The minimum Gasteiger partial charge on any atom is -0.507 e. The molecule has 0 spiro atoms. The number of aromatic hydroxyl groups is 2. The van der Waals surface area contributed by atoms with Crippen molar-refractivity contribution in [3.8, 4) is 32.4 Å². The summed E-state index contributed by atoms with van der Waals surface area (Å²) < 4.78 is 0. The highest BCUT2D eigenvalue weighted by Gasteiger charge is 2.26. The normalized spacial score (nSPS) is 18.3. The molecule has 0 bridgehead atoms. The second-order valence-corrected chi connectivity index (χ2v) is 15.2. The van der Waals surface area contributed by atoms with E-state index in [2.05, 4.69) is 88.7 Å². The number of benzene rings is 2. The number of hydrogen-bond donors (Lipinski definition) is 2. The van der Waals surface area contributed by atoms with Crippen LogP contribution in [0.15, 0.2) is 69.3 Å². The Labute approximate surface area is 258 Å². The zero-order chi connectivity index (χ0) is 30.1. The van der Waals surface area contributed by atoms with Gasteiger partial charge in [0.15, 0.2) is 0 Å². The quantitative estimate of drug-likeness (QED) is 0.217. The van der Waals surface area contributed by atoms with Crippen LogP contribution in [-0.4, -0.2) is 34.7 Å². The molecule has 0 aliphatic heterocycles. The molecule has 2 aromatic carbocycles. The van der Waals surface area contributed by atoms with E-state index < -0.39 is 0 Å². The standard InChI is InChI=1S/C36H42N2O2S2/c1-35(2,3)27-19-23(31-13-9-15-41-31)17-25(33(27)39)21-37-29-11-7-8-12-30(29)38-22-26-18-24(32-14-10-16-42-32)20-28(34(26)40)36(4,5)6/h9-10,13-22,29-30,39-40H,7-8,11-12H2,1-6H3/t29-,30-/m0/s1. The lowest BCUT2D eigenvalue weighted by Gasteiger charge is -2.26. The summed E-state index contributed by atoms with van der Waals surface area (Å²) in [5.41, 5.74) is 5.12. The van der Waals surface area contributed by atoms with Crippen LogP contribution in [0, 0.1) is 0 Å². The molecule has 0 radical (unpaired) electrons. The topological polar surface area (TPSA) is 65.2 Å². The van der Waals surface area contributed by atoms with E-state index in [0.29, 0.717) is 11.5 Å². The summed E-state index contributed by atoms with van der Waals surface area (Å²) in [7, 11) is 0. The van der Waals surface area contributed by atoms with Gasteiger partial charge in [-0.15, -0.1) is 22.7 Å². The number of nitrogens with zero attached hydrogens (tertiary/aromatic N) is 2. The van der Waals surface area contributed by atoms with Crippen molar-refractivity contribution in [1.29, 1.82) is 0 Å². The number of aliphatic imine (C=N–C) groups is 2. The number of thiophene rings is 2. The maximum absolute atomic E-state index is 11.3. The van der Waals surface area contributed by atoms with Gasteiger partial charge in [-0.25, -0.2) is 0 Å². The average Bonchev–Trinajstić information content (AvgIpc) is 3.66. The maximum atomic E-state index is 11.3. The van der Waals surface area contributed by atoms with Crippen LogP contribution in [0.2, 0.25) is 0 Å². The highest BCUT2D eigenvalue weighted by Crippen LogP contribution is 2.40. The Bertz CT molecular complexity index is 1450. The molecule has 0 unspecified atom stereocenters. The van der Waals surface area contributed by atoms with E-state index in [4.69, 9.17) is 9.98 Å². The molecule has 2 N–H and O–H groups in total. The van der Waals surface area contributed by atoms with Gasteiger partial charge in [0.2, 0.25) is 0 Å². The molecule has 1 aliphatic carbocycles. The molecule has 220 valence electrons. The van der Waals surface area contributed by atoms with Gasteiger partial charge in [0, 0.05) is 44.4 Å². The van der Waals surface area contributed by atoms with E-state index in [0.717, 1.165) is 59.1 Å². The van der Waals surface area contributed by atoms with Crippen molar-refractivity contribution in [2.75, 3.05) is 0 Å². The first kappa shape index (κ1) is 30.2. The second-order valence-electron chi connectivity index (χ2n) is 13.4. The third kappa shape index (κ3) is 6.71. The van der Waals surface area contributed by atoms with Gasteiger partial charge < -0.3 is 10.2 Å². The number of phenolic OH excluding ortho intramolecular Hbond substituents is 2. The molecule has 0 saturated heterocycles. The van der Waals surface area contributed by atoms with E-state index in [9.17, 15) is 10.2 Å². The fourth-order valence-electron chi connectivity index (χ4n) is 5.62. The Balaban J connectivity index is 1.47. The summed E-state index contributed by atoms with van der Waals surface area (Å²) in [5, 5.41) is 26.7. The first-order valence-electron chi connectivity index (χ1n) is 14.8. The maximum Gasteiger partial charge on any atom is 0.128 e. The van der Waals surface area contributed by atoms with Gasteiger partial charge in [-0.1, -0.05) is 66.5 Å². The molecular weight excluding hydrogens is 557 g/mol. The zero-order valence-corrected chi connectivity index (χ0v) is 27.1. The molecule has 6 heteroatoms. The molecule has 5 rings (SSSR count). The van der Waals surface area contributed by atoms with Crippen LogP contribution in [0.25, 0.3) is 20.9 Å². The highest BCUT2D eigenvalue weighted by molar-refractivity contribution is 7.13. The summed E-state index contributed by atoms with van der Waals surface area (Å²) in [4.78, 5) is 12.4. The molecule has 4 nitrogen and oxygen atoms in total. The Morgan fingerprint density at radius 2 is 1.07 bits per heavy atom. The van der Waals surface area contributed by atoms with E-state index in [1.807, 2.05) is 24.6 Å².